The lowest BCUT2D eigenvalue weighted by Crippen LogP contribution is -2.02. The van der Waals surface area contributed by atoms with Crippen LogP contribution in [-0.2, 0) is 6.42 Å². The van der Waals surface area contributed by atoms with E-state index in [4.69, 9.17) is 5.73 Å². The summed E-state index contributed by atoms with van der Waals surface area (Å²) in [5.74, 6) is 0. The van der Waals surface area contributed by atoms with E-state index in [2.05, 4.69) is 30.1 Å². The Morgan fingerprint density at radius 2 is 2.14 bits per heavy atom. The van der Waals surface area contributed by atoms with Gasteiger partial charge in [-0.2, -0.15) is 0 Å². The standard InChI is InChI=1S/C12H14N2/c1-9-7-14-8-11-6-10(4-5-13)2-3-12(9)11/h2-3,6-8H,4-5,13H2,1H3. The zero-order chi connectivity index (χ0) is 9.97. The first-order valence-electron chi connectivity index (χ1n) is 4.84. The third-order valence-corrected chi connectivity index (χ3v) is 2.46. The number of aryl methyl sites for hydroxylation is 1. The molecule has 0 spiro atoms. The van der Waals surface area contributed by atoms with Crippen molar-refractivity contribution in [1.82, 2.24) is 4.98 Å². The van der Waals surface area contributed by atoms with Crippen molar-refractivity contribution in [3.63, 3.8) is 0 Å². The van der Waals surface area contributed by atoms with E-state index in [0.717, 1.165) is 6.42 Å². The van der Waals surface area contributed by atoms with Crippen molar-refractivity contribution >= 4 is 10.8 Å². The van der Waals surface area contributed by atoms with Crippen molar-refractivity contribution in [2.45, 2.75) is 13.3 Å². The lowest BCUT2D eigenvalue weighted by molar-refractivity contribution is 0.971. The van der Waals surface area contributed by atoms with Crippen LogP contribution in [0.2, 0.25) is 0 Å². The molecule has 0 saturated carbocycles. The quantitative estimate of drug-likeness (QED) is 0.779. The van der Waals surface area contributed by atoms with E-state index in [0.29, 0.717) is 6.54 Å². The van der Waals surface area contributed by atoms with Gasteiger partial charge in [0.1, 0.15) is 0 Å². The van der Waals surface area contributed by atoms with Crippen LogP contribution in [0.1, 0.15) is 11.1 Å². The minimum Gasteiger partial charge on any atom is -0.330 e. The molecular weight excluding hydrogens is 172 g/mol. The van der Waals surface area contributed by atoms with Gasteiger partial charge in [-0.1, -0.05) is 12.1 Å². The summed E-state index contributed by atoms with van der Waals surface area (Å²) >= 11 is 0. The second-order valence-corrected chi connectivity index (χ2v) is 3.55. The summed E-state index contributed by atoms with van der Waals surface area (Å²) in [5.41, 5.74) is 8.03. The fraction of sp³-hybridized carbons (Fsp3) is 0.250. The Balaban J connectivity index is 2.56. The summed E-state index contributed by atoms with van der Waals surface area (Å²) in [7, 11) is 0. The third kappa shape index (κ3) is 1.61. The average molecular weight is 186 g/mol. The Morgan fingerprint density at radius 1 is 1.29 bits per heavy atom. The van der Waals surface area contributed by atoms with E-state index in [9.17, 15) is 0 Å². The van der Waals surface area contributed by atoms with Crippen LogP contribution in [0.3, 0.4) is 0 Å². The number of nitrogens with two attached hydrogens (primary N) is 1. The maximum atomic E-state index is 5.52. The molecule has 0 amide bonds. The van der Waals surface area contributed by atoms with E-state index in [1.807, 2.05) is 12.4 Å². The molecule has 0 radical (unpaired) electrons. The highest BCUT2D eigenvalue weighted by Gasteiger charge is 1.98. The lowest BCUT2D eigenvalue weighted by Gasteiger charge is -2.03. The van der Waals surface area contributed by atoms with Crippen LogP contribution >= 0.6 is 0 Å². The molecule has 0 aliphatic rings. The summed E-state index contributed by atoms with van der Waals surface area (Å²) in [6, 6.07) is 6.46. The largest absolute Gasteiger partial charge is 0.330 e. The molecule has 0 saturated heterocycles. The number of fused-ring (bicyclic) bond motifs is 1. The molecular formula is C12H14N2. The highest BCUT2D eigenvalue weighted by molar-refractivity contribution is 5.85. The number of hydrogen-bond acceptors (Lipinski definition) is 2. The van der Waals surface area contributed by atoms with Gasteiger partial charge in [0.15, 0.2) is 0 Å². The number of pyridine rings is 1. The molecule has 14 heavy (non-hydrogen) atoms. The van der Waals surface area contributed by atoms with Gasteiger partial charge in [0.2, 0.25) is 0 Å². The molecule has 2 aromatic rings. The summed E-state index contributed by atoms with van der Waals surface area (Å²) in [6.45, 7) is 2.78. The van der Waals surface area contributed by atoms with E-state index < -0.39 is 0 Å². The molecule has 2 N–H and O–H groups in total. The van der Waals surface area contributed by atoms with Crippen LogP contribution in [0.5, 0.6) is 0 Å². The molecule has 0 aliphatic heterocycles. The Bertz CT molecular complexity index is 449. The average Bonchev–Trinajstić information content (AvgIpc) is 2.18. The number of hydrogen-bond donors (Lipinski definition) is 1. The van der Waals surface area contributed by atoms with Crippen molar-refractivity contribution in [2.24, 2.45) is 5.73 Å². The summed E-state index contributed by atoms with van der Waals surface area (Å²) < 4.78 is 0. The Kier molecular flexibility index (Phi) is 2.46. The van der Waals surface area contributed by atoms with Gasteiger partial charge in [0.05, 0.1) is 0 Å². The minimum atomic E-state index is 0.699. The SMILES string of the molecule is Cc1cncc2cc(CCN)ccc12. The van der Waals surface area contributed by atoms with Crippen LogP contribution in [0.4, 0.5) is 0 Å². The van der Waals surface area contributed by atoms with E-state index >= 15 is 0 Å². The second kappa shape index (κ2) is 3.76. The van der Waals surface area contributed by atoms with Crippen molar-refractivity contribution in [1.29, 1.82) is 0 Å². The van der Waals surface area contributed by atoms with E-state index in [1.165, 1.54) is 21.9 Å². The molecule has 1 aromatic heterocycles. The maximum Gasteiger partial charge on any atom is 0.0346 e. The van der Waals surface area contributed by atoms with Gasteiger partial charge in [-0.15, -0.1) is 0 Å². The predicted molar refractivity (Wildman–Crippen MR) is 59.2 cm³/mol. The molecule has 0 aliphatic carbocycles. The summed E-state index contributed by atoms with van der Waals surface area (Å²) in [6.07, 6.45) is 4.73. The molecule has 0 atom stereocenters. The first kappa shape index (κ1) is 9.16. The number of benzene rings is 1. The minimum absolute atomic E-state index is 0.699. The first-order valence-corrected chi connectivity index (χ1v) is 4.84. The Labute approximate surface area is 83.8 Å². The number of nitrogens with zero attached hydrogens (tertiary/aromatic N) is 1. The number of aromatic nitrogens is 1. The van der Waals surface area contributed by atoms with E-state index in [1.54, 1.807) is 0 Å². The van der Waals surface area contributed by atoms with Crippen molar-refractivity contribution in [3.05, 3.63) is 41.7 Å². The van der Waals surface area contributed by atoms with E-state index in [-0.39, 0.29) is 0 Å². The normalized spacial score (nSPS) is 10.7. The second-order valence-electron chi connectivity index (χ2n) is 3.55. The zero-order valence-electron chi connectivity index (χ0n) is 8.33. The molecule has 2 heteroatoms. The highest BCUT2D eigenvalue weighted by atomic mass is 14.6. The first-order chi connectivity index (χ1) is 6.81. The number of rotatable bonds is 2. The van der Waals surface area contributed by atoms with Crippen LogP contribution in [0.25, 0.3) is 10.8 Å². The molecule has 0 unspecified atom stereocenters. The van der Waals surface area contributed by atoms with Crippen molar-refractivity contribution in [3.8, 4) is 0 Å². The Hall–Kier alpha value is -1.41. The van der Waals surface area contributed by atoms with Gasteiger partial charge < -0.3 is 5.73 Å². The summed E-state index contributed by atoms with van der Waals surface area (Å²) in [5, 5.41) is 2.48. The fourth-order valence-corrected chi connectivity index (χ4v) is 1.70. The van der Waals surface area contributed by atoms with Gasteiger partial charge in [-0.25, -0.2) is 0 Å². The predicted octanol–water partition coefficient (Wildman–Crippen LogP) is 2.04. The van der Waals surface area contributed by atoms with Crippen LogP contribution in [-0.4, -0.2) is 11.5 Å². The fourth-order valence-electron chi connectivity index (χ4n) is 1.70. The molecule has 1 heterocycles. The smallest absolute Gasteiger partial charge is 0.0346 e. The van der Waals surface area contributed by atoms with Crippen molar-refractivity contribution < 1.29 is 0 Å². The molecule has 72 valence electrons. The molecule has 1 aromatic carbocycles. The van der Waals surface area contributed by atoms with Gasteiger partial charge >= 0.3 is 0 Å². The van der Waals surface area contributed by atoms with Gasteiger partial charge in [0, 0.05) is 17.8 Å². The molecule has 0 fully saturated rings. The molecule has 0 bridgehead atoms. The maximum absolute atomic E-state index is 5.52. The van der Waals surface area contributed by atoms with Gasteiger partial charge in [-0.3, -0.25) is 4.98 Å². The topological polar surface area (TPSA) is 38.9 Å². The highest BCUT2D eigenvalue weighted by Crippen LogP contribution is 2.18. The van der Waals surface area contributed by atoms with Crippen LogP contribution in [0, 0.1) is 6.92 Å². The third-order valence-electron chi connectivity index (χ3n) is 2.46. The molecule has 2 nitrogen and oxygen atoms in total. The zero-order valence-corrected chi connectivity index (χ0v) is 8.33. The van der Waals surface area contributed by atoms with Gasteiger partial charge in [0.25, 0.3) is 0 Å². The monoisotopic (exact) mass is 186 g/mol. The Morgan fingerprint density at radius 3 is 2.93 bits per heavy atom. The molecule has 2 rings (SSSR count). The van der Waals surface area contributed by atoms with Crippen LogP contribution in [0.15, 0.2) is 30.6 Å². The van der Waals surface area contributed by atoms with Crippen LogP contribution < -0.4 is 5.73 Å². The lowest BCUT2D eigenvalue weighted by atomic mass is 10.0. The van der Waals surface area contributed by atoms with Gasteiger partial charge in [-0.05, 0) is 42.5 Å². The van der Waals surface area contributed by atoms with Crippen molar-refractivity contribution in [2.75, 3.05) is 6.54 Å². The summed E-state index contributed by atoms with van der Waals surface area (Å²) in [4.78, 5) is 4.18.